The second kappa shape index (κ2) is 7.82. The van der Waals surface area contributed by atoms with Crippen LogP contribution in [0.15, 0.2) is 10.2 Å². The van der Waals surface area contributed by atoms with Crippen LogP contribution in [0.25, 0.3) is 10.2 Å². The van der Waals surface area contributed by atoms with E-state index in [-0.39, 0.29) is 17.3 Å². The van der Waals surface area contributed by atoms with Gasteiger partial charge in [-0.15, -0.1) is 11.3 Å². The van der Waals surface area contributed by atoms with Gasteiger partial charge in [-0.25, -0.2) is 9.97 Å². The average Bonchev–Trinajstić information content (AvgIpc) is 2.97. The van der Waals surface area contributed by atoms with Gasteiger partial charge in [0.05, 0.1) is 24.6 Å². The molecule has 3 heterocycles. The van der Waals surface area contributed by atoms with Crippen molar-refractivity contribution < 1.29 is 14.3 Å². The summed E-state index contributed by atoms with van der Waals surface area (Å²) in [4.78, 5) is 23.3. The van der Waals surface area contributed by atoms with Gasteiger partial charge in [-0.05, 0) is 32.1 Å². The Bertz CT molecular complexity index is 793. The van der Waals surface area contributed by atoms with E-state index in [1.165, 1.54) is 34.0 Å². The first-order valence-corrected chi connectivity index (χ1v) is 11.3. The van der Waals surface area contributed by atoms with Crippen LogP contribution in [-0.4, -0.2) is 40.2 Å². The fraction of sp³-hybridized carbons (Fsp3) is 0.588. The fourth-order valence-corrected chi connectivity index (χ4v) is 5.27. The van der Waals surface area contributed by atoms with E-state index in [0.717, 1.165) is 33.2 Å². The third-order valence-electron chi connectivity index (χ3n) is 4.35. The minimum Gasteiger partial charge on any atom is -0.465 e. The van der Waals surface area contributed by atoms with Crippen LogP contribution < -0.4 is 0 Å². The first-order valence-electron chi connectivity index (χ1n) is 8.28. The predicted molar refractivity (Wildman–Crippen MR) is 104 cm³/mol. The summed E-state index contributed by atoms with van der Waals surface area (Å²) in [7, 11) is 0. The van der Waals surface area contributed by atoms with E-state index in [9.17, 15) is 4.79 Å². The van der Waals surface area contributed by atoms with Crippen molar-refractivity contribution >= 4 is 51.0 Å². The Morgan fingerprint density at radius 1 is 1.40 bits per heavy atom. The topological polar surface area (TPSA) is 61.3 Å². The highest BCUT2D eigenvalue weighted by molar-refractivity contribution is 8.00. The first-order chi connectivity index (χ1) is 12.0. The molecule has 0 spiro atoms. The van der Waals surface area contributed by atoms with Crippen molar-refractivity contribution in [1.29, 1.82) is 0 Å². The summed E-state index contributed by atoms with van der Waals surface area (Å²) < 4.78 is 11.1. The highest BCUT2D eigenvalue weighted by atomic mass is 32.2. The van der Waals surface area contributed by atoms with Crippen molar-refractivity contribution in [3.05, 3.63) is 10.4 Å². The number of hydrogen-bond acceptors (Lipinski definition) is 8. The summed E-state index contributed by atoms with van der Waals surface area (Å²) in [5.41, 5.74) is 1.14. The molecule has 2 aromatic heterocycles. The van der Waals surface area contributed by atoms with Crippen molar-refractivity contribution in [1.82, 2.24) is 9.97 Å². The first kappa shape index (κ1) is 18.9. The Labute approximate surface area is 160 Å². The van der Waals surface area contributed by atoms with Crippen molar-refractivity contribution in [2.45, 2.75) is 56.0 Å². The maximum Gasteiger partial charge on any atom is 0.316 e. The van der Waals surface area contributed by atoms with Crippen LogP contribution in [0.5, 0.6) is 0 Å². The van der Waals surface area contributed by atoms with Crippen LogP contribution in [-0.2, 0) is 27.3 Å². The van der Waals surface area contributed by atoms with E-state index in [0.29, 0.717) is 13.2 Å². The molecule has 1 aliphatic rings. The zero-order chi connectivity index (χ0) is 18.0. The van der Waals surface area contributed by atoms with Gasteiger partial charge in [0.25, 0.3) is 0 Å². The molecule has 3 rings (SSSR count). The molecule has 0 saturated heterocycles. The summed E-state index contributed by atoms with van der Waals surface area (Å²) >= 11 is 4.64. The van der Waals surface area contributed by atoms with Gasteiger partial charge in [0, 0.05) is 16.7 Å². The van der Waals surface area contributed by atoms with Crippen molar-refractivity contribution in [2.24, 2.45) is 0 Å². The molecule has 1 atom stereocenters. The molecular weight excluding hydrogens is 376 g/mol. The summed E-state index contributed by atoms with van der Waals surface area (Å²) in [6, 6.07) is 0. The number of ether oxygens (including phenoxy) is 2. The number of fused-ring (bicyclic) bond motifs is 3. The van der Waals surface area contributed by atoms with Crippen LogP contribution in [0.2, 0.25) is 0 Å². The van der Waals surface area contributed by atoms with Crippen LogP contribution in [0.4, 0.5) is 0 Å². The summed E-state index contributed by atoms with van der Waals surface area (Å²) in [6.45, 7) is 7.14. The van der Waals surface area contributed by atoms with Crippen molar-refractivity contribution in [3.8, 4) is 0 Å². The maximum atomic E-state index is 11.8. The molecule has 8 heteroatoms. The molecule has 0 aromatic carbocycles. The molecule has 1 unspecified atom stereocenters. The minimum absolute atomic E-state index is 0.151. The van der Waals surface area contributed by atoms with Gasteiger partial charge in [-0.3, -0.25) is 4.79 Å². The summed E-state index contributed by atoms with van der Waals surface area (Å²) in [6.07, 6.45) is 3.78. The van der Waals surface area contributed by atoms with E-state index >= 15 is 0 Å². The standard InChI is InChI=1S/C17H22N2O3S3/c1-5-17(3)7-10-11(8-22-17)25-15-13(10)14(18-16(19-15)23-4)24-9-12(20)21-6-2/h5-9H2,1-4H3. The predicted octanol–water partition coefficient (Wildman–Crippen LogP) is 4.31. The number of nitrogens with zero attached hydrogens (tertiary/aromatic N) is 2. The molecule has 0 radical (unpaired) electrons. The van der Waals surface area contributed by atoms with Gasteiger partial charge >= 0.3 is 5.97 Å². The quantitative estimate of drug-likeness (QED) is 0.311. The SMILES string of the molecule is CCOC(=O)CSc1nc(SC)nc2sc3c(c12)CC(C)(CC)OC3. The highest BCUT2D eigenvalue weighted by Crippen LogP contribution is 2.43. The lowest BCUT2D eigenvalue weighted by atomic mass is 9.90. The molecule has 2 aromatic rings. The van der Waals surface area contributed by atoms with Crippen molar-refractivity contribution in [2.75, 3.05) is 18.6 Å². The maximum absolute atomic E-state index is 11.8. The largest absolute Gasteiger partial charge is 0.465 e. The van der Waals surface area contributed by atoms with Crippen LogP contribution >= 0.6 is 34.9 Å². The van der Waals surface area contributed by atoms with Gasteiger partial charge in [0.2, 0.25) is 0 Å². The molecule has 0 fully saturated rings. The molecular formula is C17H22N2O3S3. The Balaban J connectivity index is 2.02. The lowest BCUT2D eigenvalue weighted by Gasteiger charge is -2.33. The van der Waals surface area contributed by atoms with Crippen molar-refractivity contribution in [3.63, 3.8) is 0 Å². The monoisotopic (exact) mass is 398 g/mol. The van der Waals surface area contributed by atoms with E-state index < -0.39 is 0 Å². The molecule has 0 amide bonds. The Kier molecular flexibility index (Phi) is 5.92. The number of rotatable bonds is 6. The van der Waals surface area contributed by atoms with E-state index in [1.54, 1.807) is 11.3 Å². The Morgan fingerprint density at radius 3 is 2.88 bits per heavy atom. The van der Waals surface area contributed by atoms with Crippen LogP contribution in [0.3, 0.4) is 0 Å². The second-order valence-corrected chi connectivity index (χ2v) is 8.88. The second-order valence-electron chi connectivity index (χ2n) is 6.06. The molecule has 1 aliphatic heterocycles. The Hall–Kier alpha value is -0.830. The molecule has 25 heavy (non-hydrogen) atoms. The molecule has 0 N–H and O–H groups in total. The fourth-order valence-electron chi connectivity index (χ4n) is 2.77. The molecule has 0 bridgehead atoms. The Morgan fingerprint density at radius 2 is 2.20 bits per heavy atom. The zero-order valence-electron chi connectivity index (χ0n) is 14.9. The lowest BCUT2D eigenvalue weighted by Crippen LogP contribution is -2.33. The van der Waals surface area contributed by atoms with Crippen LogP contribution in [0, 0.1) is 0 Å². The van der Waals surface area contributed by atoms with E-state index in [2.05, 4.69) is 23.8 Å². The molecule has 0 aliphatic carbocycles. The number of aromatic nitrogens is 2. The molecule has 0 saturated carbocycles. The number of esters is 1. The lowest BCUT2D eigenvalue weighted by molar-refractivity contribution is -0.139. The number of hydrogen-bond donors (Lipinski definition) is 0. The van der Waals surface area contributed by atoms with E-state index in [4.69, 9.17) is 9.47 Å². The average molecular weight is 399 g/mol. The minimum atomic E-state index is -0.212. The van der Waals surface area contributed by atoms with Gasteiger partial charge in [-0.1, -0.05) is 30.4 Å². The van der Waals surface area contributed by atoms with Gasteiger partial charge in [0.15, 0.2) is 5.16 Å². The zero-order valence-corrected chi connectivity index (χ0v) is 17.3. The summed E-state index contributed by atoms with van der Waals surface area (Å²) in [5, 5.41) is 2.70. The smallest absolute Gasteiger partial charge is 0.316 e. The molecule has 136 valence electrons. The number of carbonyl (C=O) groups excluding carboxylic acids is 1. The van der Waals surface area contributed by atoms with Gasteiger partial charge in [-0.2, -0.15) is 0 Å². The number of carbonyl (C=O) groups is 1. The van der Waals surface area contributed by atoms with E-state index in [1.807, 2.05) is 13.2 Å². The number of thiophene rings is 1. The highest BCUT2D eigenvalue weighted by Gasteiger charge is 2.33. The third kappa shape index (κ3) is 3.97. The van der Waals surface area contributed by atoms with Gasteiger partial charge in [0.1, 0.15) is 9.86 Å². The third-order valence-corrected chi connectivity index (χ3v) is 6.94. The van der Waals surface area contributed by atoms with Crippen LogP contribution in [0.1, 0.15) is 37.6 Å². The number of thioether (sulfide) groups is 2. The molecule has 5 nitrogen and oxygen atoms in total. The normalized spacial score (nSPS) is 19.8. The van der Waals surface area contributed by atoms with Gasteiger partial charge < -0.3 is 9.47 Å². The summed E-state index contributed by atoms with van der Waals surface area (Å²) in [5.74, 6) is 0.0516.